The standard InChI is InChI=1S/C28H30N4O3/c1-19(33)20-13-17-32(18-14-20)27-28(30-16-15-29-27)35-23-11-9-22(10-12-23)26(34)25-8-4-6-21-5-2-3-7-24(21)31-25/h2-3,5,7,9-12,15-16,19-20,33H,4,6,8,13-14,17-18H2,1H3. The predicted octanol–water partition coefficient (Wildman–Crippen LogP) is 5.16. The highest BCUT2D eigenvalue weighted by Crippen LogP contribution is 2.32. The van der Waals surface area contributed by atoms with Crippen LogP contribution in [0.3, 0.4) is 0 Å². The van der Waals surface area contributed by atoms with Crippen LogP contribution < -0.4 is 9.64 Å². The number of carbonyl (C=O) groups excluding carboxylic acids is 1. The number of hydrogen-bond donors (Lipinski definition) is 1. The van der Waals surface area contributed by atoms with Crippen LogP contribution in [-0.2, 0) is 6.42 Å². The van der Waals surface area contributed by atoms with Crippen LogP contribution in [0, 0.1) is 5.92 Å². The quantitative estimate of drug-likeness (QED) is 0.501. The molecule has 7 nitrogen and oxygen atoms in total. The van der Waals surface area contributed by atoms with Crippen LogP contribution >= 0.6 is 0 Å². The van der Waals surface area contributed by atoms with E-state index in [-0.39, 0.29) is 11.9 Å². The Morgan fingerprint density at radius 2 is 1.77 bits per heavy atom. The van der Waals surface area contributed by atoms with Gasteiger partial charge in [-0.05, 0) is 80.8 Å². The summed E-state index contributed by atoms with van der Waals surface area (Å²) in [4.78, 5) is 28.9. The lowest BCUT2D eigenvalue weighted by atomic mass is 9.92. The Hall–Kier alpha value is -3.58. The van der Waals surface area contributed by atoms with Gasteiger partial charge in [0, 0.05) is 31.0 Å². The molecule has 0 aliphatic carbocycles. The van der Waals surface area contributed by atoms with E-state index in [4.69, 9.17) is 4.74 Å². The Balaban J connectivity index is 1.29. The zero-order chi connectivity index (χ0) is 24.2. The maximum Gasteiger partial charge on any atom is 0.263 e. The molecule has 180 valence electrons. The molecule has 0 bridgehead atoms. The van der Waals surface area contributed by atoms with Crippen LogP contribution in [0.15, 0.2) is 65.9 Å². The number of ether oxygens (including phenoxy) is 1. The summed E-state index contributed by atoms with van der Waals surface area (Å²) >= 11 is 0. The number of rotatable bonds is 6. The number of fused-ring (bicyclic) bond motifs is 1. The van der Waals surface area contributed by atoms with Crippen molar-refractivity contribution in [3.8, 4) is 11.6 Å². The minimum absolute atomic E-state index is 0.0468. The molecular weight excluding hydrogens is 440 g/mol. The molecule has 2 aromatic carbocycles. The van der Waals surface area contributed by atoms with E-state index in [0.29, 0.717) is 41.1 Å². The number of aromatic nitrogens is 2. The number of benzene rings is 2. The number of aliphatic hydroxyl groups excluding tert-OH is 1. The van der Waals surface area contributed by atoms with Gasteiger partial charge in [0.25, 0.3) is 5.88 Å². The first-order valence-electron chi connectivity index (χ1n) is 12.3. The van der Waals surface area contributed by atoms with Gasteiger partial charge in [-0.3, -0.25) is 4.79 Å². The normalized spacial score (nSPS) is 17.2. The molecule has 1 N–H and O–H groups in total. The second-order valence-corrected chi connectivity index (χ2v) is 9.25. The molecule has 2 aliphatic rings. The van der Waals surface area contributed by atoms with Gasteiger partial charge in [-0.2, -0.15) is 0 Å². The highest BCUT2D eigenvalue weighted by atomic mass is 16.5. The van der Waals surface area contributed by atoms with E-state index in [0.717, 1.165) is 44.5 Å². The van der Waals surface area contributed by atoms with Crippen LogP contribution in [-0.4, -0.2) is 45.8 Å². The zero-order valence-electron chi connectivity index (χ0n) is 19.9. The number of piperidine rings is 1. The van der Waals surface area contributed by atoms with Crippen LogP contribution in [0.2, 0.25) is 0 Å². The van der Waals surface area contributed by atoms with E-state index in [1.807, 2.05) is 25.1 Å². The van der Waals surface area contributed by atoms with Crippen molar-refractivity contribution in [3.05, 3.63) is 72.1 Å². The van der Waals surface area contributed by atoms with Crippen LogP contribution in [0.5, 0.6) is 11.6 Å². The maximum atomic E-state index is 13.1. The summed E-state index contributed by atoms with van der Waals surface area (Å²) in [6, 6.07) is 15.2. The van der Waals surface area contributed by atoms with Crippen molar-refractivity contribution in [1.29, 1.82) is 0 Å². The van der Waals surface area contributed by atoms with Gasteiger partial charge in [-0.15, -0.1) is 0 Å². The average molecular weight is 471 g/mol. The molecule has 0 spiro atoms. The molecule has 3 aromatic rings. The number of hydrogen-bond acceptors (Lipinski definition) is 7. The van der Waals surface area contributed by atoms with Crippen molar-refractivity contribution in [2.75, 3.05) is 18.0 Å². The molecule has 1 saturated heterocycles. The lowest BCUT2D eigenvalue weighted by Crippen LogP contribution is -2.37. The van der Waals surface area contributed by atoms with Gasteiger partial charge in [-0.25, -0.2) is 15.0 Å². The van der Waals surface area contributed by atoms with Gasteiger partial charge in [0.2, 0.25) is 5.78 Å². The molecule has 3 heterocycles. The molecule has 0 saturated carbocycles. The molecule has 1 atom stereocenters. The first-order chi connectivity index (χ1) is 17.1. The van der Waals surface area contributed by atoms with Crippen LogP contribution in [0.25, 0.3) is 0 Å². The second kappa shape index (κ2) is 10.4. The average Bonchev–Trinajstić information content (AvgIpc) is 3.12. The molecule has 5 rings (SSSR count). The summed E-state index contributed by atoms with van der Waals surface area (Å²) < 4.78 is 6.08. The topological polar surface area (TPSA) is 87.9 Å². The van der Waals surface area contributed by atoms with Crippen molar-refractivity contribution in [1.82, 2.24) is 9.97 Å². The number of anilines is 1. The summed E-state index contributed by atoms with van der Waals surface area (Å²) in [5.41, 5.74) is 3.27. The third-order valence-corrected chi connectivity index (χ3v) is 6.87. The number of carbonyl (C=O) groups is 1. The largest absolute Gasteiger partial charge is 0.436 e. The van der Waals surface area contributed by atoms with Crippen LogP contribution in [0.1, 0.15) is 48.5 Å². The SMILES string of the molecule is CC(O)C1CCN(c2nccnc2Oc2ccc(C(=O)C3=Nc4ccccc4CCC3)cc2)CC1. The zero-order valence-corrected chi connectivity index (χ0v) is 19.9. The smallest absolute Gasteiger partial charge is 0.263 e. The summed E-state index contributed by atoms with van der Waals surface area (Å²) in [6.45, 7) is 3.44. The lowest BCUT2D eigenvalue weighted by molar-refractivity contribution is 0.106. The number of ketones is 1. The number of aryl methyl sites for hydroxylation is 1. The molecule has 2 aliphatic heterocycles. The van der Waals surface area contributed by atoms with Gasteiger partial charge in [0.05, 0.1) is 17.5 Å². The second-order valence-electron chi connectivity index (χ2n) is 9.25. The Morgan fingerprint density at radius 3 is 2.54 bits per heavy atom. The van der Waals surface area contributed by atoms with E-state index in [9.17, 15) is 9.90 Å². The van der Waals surface area contributed by atoms with Crippen molar-refractivity contribution in [2.24, 2.45) is 10.9 Å². The van der Waals surface area contributed by atoms with Gasteiger partial charge in [-0.1, -0.05) is 18.2 Å². The minimum Gasteiger partial charge on any atom is -0.436 e. The summed E-state index contributed by atoms with van der Waals surface area (Å²) in [5.74, 6) is 1.99. The molecule has 1 fully saturated rings. The Kier molecular flexibility index (Phi) is 6.86. The Labute approximate surface area is 205 Å². The molecule has 1 aromatic heterocycles. The number of para-hydroxylation sites is 1. The summed E-state index contributed by atoms with van der Waals surface area (Å²) in [5, 5.41) is 9.88. The Bertz CT molecular complexity index is 1210. The first-order valence-corrected chi connectivity index (χ1v) is 12.3. The molecule has 0 radical (unpaired) electrons. The number of nitrogens with zero attached hydrogens (tertiary/aromatic N) is 4. The molecule has 1 unspecified atom stereocenters. The minimum atomic E-state index is -0.297. The van der Waals surface area contributed by atoms with E-state index < -0.39 is 0 Å². The number of aliphatic imine (C=N–C) groups is 1. The van der Waals surface area contributed by atoms with E-state index >= 15 is 0 Å². The van der Waals surface area contributed by atoms with E-state index in [1.165, 1.54) is 5.56 Å². The van der Waals surface area contributed by atoms with Gasteiger partial charge >= 0.3 is 0 Å². The molecule has 0 amide bonds. The lowest BCUT2D eigenvalue weighted by Gasteiger charge is -2.34. The number of aliphatic hydroxyl groups is 1. The fourth-order valence-corrected chi connectivity index (χ4v) is 4.80. The fourth-order valence-electron chi connectivity index (χ4n) is 4.80. The van der Waals surface area contributed by atoms with Crippen molar-refractivity contribution >= 4 is 23.0 Å². The third kappa shape index (κ3) is 5.25. The van der Waals surface area contributed by atoms with Crippen molar-refractivity contribution < 1.29 is 14.6 Å². The summed E-state index contributed by atoms with van der Waals surface area (Å²) in [6.07, 6.45) is 7.29. The van der Waals surface area contributed by atoms with E-state index in [1.54, 1.807) is 36.7 Å². The summed E-state index contributed by atoms with van der Waals surface area (Å²) in [7, 11) is 0. The molecular formula is C28H30N4O3. The molecule has 35 heavy (non-hydrogen) atoms. The Morgan fingerprint density at radius 1 is 1.03 bits per heavy atom. The van der Waals surface area contributed by atoms with Gasteiger partial charge in [0.1, 0.15) is 5.75 Å². The van der Waals surface area contributed by atoms with Crippen molar-refractivity contribution in [2.45, 2.75) is 45.1 Å². The van der Waals surface area contributed by atoms with Gasteiger partial charge < -0.3 is 14.7 Å². The predicted molar refractivity (Wildman–Crippen MR) is 136 cm³/mol. The monoisotopic (exact) mass is 470 g/mol. The highest BCUT2D eigenvalue weighted by Gasteiger charge is 2.26. The van der Waals surface area contributed by atoms with Gasteiger partial charge in [0.15, 0.2) is 5.82 Å². The highest BCUT2D eigenvalue weighted by molar-refractivity contribution is 6.46. The molecule has 7 heteroatoms. The maximum absolute atomic E-state index is 13.1. The van der Waals surface area contributed by atoms with Crippen LogP contribution in [0.4, 0.5) is 11.5 Å². The van der Waals surface area contributed by atoms with Crippen molar-refractivity contribution in [3.63, 3.8) is 0 Å². The third-order valence-electron chi connectivity index (χ3n) is 6.87. The fraction of sp³-hybridized carbons (Fsp3) is 0.357. The number of Topliss-reactive ketones (excluding diaryl/α,β-unsaturated/α-hetero) is 1. The first kappa shape index (κ1) is 23.2. The van der Waals surface area contributed by atoms with E-state index in [2.05, 4.69) is 25.9 Å².